The minimum atomic E-state index is -3.57. The molecule has 0 N–H and O–H groups in total. The van der Waals surface area contributed by atoms with E-state index in [1.807, 2.05) is 6.07 Å². The Balaban J connectivity index is 2.40. The van der Waals surface area contributed by atoms with Gasteiger partial charge in [0.15, 0.2) is 0 Å². The molecule has 4 nitrogen and oxygen atoms in total. The Morgan fingerprint density at radius 2 is 1.76 bits per heavy atom. The van der Waals surface area contributed by atoms with Crippen LogP contribution in [0.15, 0.2) is 48.5 Å². The summed E-state index contributed by atoms with van der Waals surface area (Å²) < 4.78 is 38.7. The molecular weight excluding hydrogens is 291 g/mol. The van der Waals surface area contributed by atoms with Crippen molar-refractivity contribution >= 4 is 15.7 Å². The van der Waals surface area contributed by atoms with Crippen LogP contribution in [0.1, 0.15) is 11.1 Å². The summed E-state index contributed by atoms with van der Waals surface area (Å²) in [7, 11) is -3.57. The van der Waals surface area contributed by atoms with Gasteiger partial charge in [-0.15, -0.1) is 0 Å². The first kappa shape index (κ1) is 15.0. The smallest absolute Gasteiger partial charge is 0.232 e. The second kappa shape index (κ2) is 5.94. The third-order valence-corrected chi connectivity index (χ3v) is 4.10. The Hall–Kier alpha value is -2.39. The number of benzene rings is 2. The summed E-state index contributed by atoms with van der Waals surface area (Å²) in [6.07, 6.45) is 1.06. The number of hydrogen-bond acceptors (Lipinski definition) is 3. The second-order valence-electron chi connectivity index (χ2n) is 4.52. The number of anilines is 1. The van der Waals surface area contributed by atoms with Gasteiger partial charge in [-0.05, 0) is 30.3 Å². The van der Waals surface area contributed by atoms with Crippen molar-refractivity contribution in [2.75, 3.05) is 10.6 Å². The van der Waals surface area contributed by atoms with Crippen molar-refractivity contribution in [3.8, 4) is 6.07 Å². The van der Waals surface area contributed by atoms with Crippen molar-refractivity contribution in [2.24, 2.45) is 0 Å². The van der Waals surface area contributed by atoms with Gasteiger partial charge in [0.2, 0.25) is 10.0 Å². The lowest BCUT2D eigenvalue weighted by molar-refractivity contribution is 0.590. The number of rotatable bonds is 4. The molecule has 2 aromatic rings. The summed E-state index contributed by atoms with van der Waals surface area (Å²) in [4.78, 5) is 0. The molecule has 0 radical (unpaired) electrons. The van der Waals surface area contributed by atoms with Crippen molar-refractivity contribution in [3.05, 3.63) is 65.5 Å². The highest BCUT2D eigenvalue weighted by atomic mass is 32.2. The summed E-state index contributed by atoms with van der Waals surface area (Å²) in [5.74, 6) is -0.459. The number of halogens is 1. The Morgan fingerprint density at radius 3 is 2.29 bits per heavy atom. The highest BCUT2D eigenvalue weighted by Crippen LogP contribution is 2.22. The minimum absolute atomic E-state index is 0.0998. The van der Waals surface area contributed by atoms with Gasteiger partial charge < -0.3 is 0 Å². The third-order valence-electron chi connectivity index (χ3n) is 2.96. The molecule has 21 heavy (non-hydrogen) atoms. The first-order valence-electron chi connectivity index (χ1n) is 6.13. The van der Waals surface area contributed by atoms with Crippen LogP contribution in [0.25, 0.3) is 0 Å². The fraction of sp³-hybridized carbons (Fsp3) is 0.133. The van der Waals surface area contributed by atoms with Crippen LogP contribution in [0.4, 0.5) is 10.1 Å². The zero-order valence-electron chi connectivity index (χ0n) is 11.3. The molecule has 0 unspecified atom stereocenters. The second-order valence-corrected chi connectivity index (χ2v) is 6.43. The highest BCUT2D eigenvalue weighted by Gasteiger charge is 2.19. The average Bonchev–Trinajstić information content (AvgIpc) is 2.45. The van der Waals surface area contributed by atoms with Crippen LogP contribution in [0.5, 0.6) is 0 Å². The summed E-state index contributed by atoms with van der Waals surface area (Å²) in [5.41, 5.74) is 1.10. The van der Waals surface area contributed by atoms with E-state index in [9.17, 15) is 12.8 Å². The van der Waals surface area contributed by atoms with Gasteiger partial charge in [0.05, 0.1) is 30.1 Å². The normalized spacial score (nSPS) is 10.9. The van der Waals surface area contributed by atoms with Crippen molar-refractivity contribution in [3.63, 3.8) is 0 Å². The number of sulfonamides is 1. The first-order chi connectivity index (χ1) is 9.91. The van der Waals surface area contributed by atoms with E-state index in [-0.39, 0.29) is 12.1 Å². The fourth-order valence-electron chi connectivity index (χ4n) is 1.88. The molecular formula is C15H13FN2O2S. The van der Waals surface area contributed by atoms with Crippen LogP contribution in [0.2, 0.25) is 0 Å². The standard InChI is InChI=1S/C15H13FN2O2S/c1-21(19,20)18(11-13-4-2-3-5-15(13)16)14-8-6-12(10-17)7-9-14/h2-9H,11H2,1H3. The molecule has 0 bridgehead atoms. The van der Waals surface area contributed by atoms with E-state index in [0.717, 1.165) is 10.6 Å². The van der Waals surface area contributed by atoms with E-state index in [2.05, 4.69) is 0 Å². The van der Waals surface area contributed by atoms with Gasteiger partial charge in [0.25, 0.3) is 0 Å². The number of nitrogens with zero attached hydrogens (tertiary/aromatic N) is 2. The molecule has 0 aromatic heterocycles. The summed E-state index contributed by atoms with van der Waals surface area (Å²) in [6, 6.07) is 14.1. The topological polar surface area (TPSA) is 61.2 Å². The van der Waals surface area contributed by atoms with Crippen LogP contribution in [-0.4, -0.2) is 14.7 Å². The molecule has 0 amide bonds. The van der Waals surface area contributed by atoms with Crippen LogP contribution in [0.3, 0.4) is 0 Å². The summed E-state index contributed by atoms with van der Waals surface area (Å²) >= 11 is 0. The minimum Gasteiger partial charge on any atom is -0.266 e. The number of hydrogen-bond donors (Lipinski definition) is 0. The van der Waals surface area contributed by atoms with E-state index in [1.165, 1.54) is 36.4 Å². The van der Waals surface area contributed by atoms with Crippen LogP contribution >= 0.6 is 0 Å². The maximum absolute atomic E-state index is 13.7. The molecule has 0 saturated carbocycles. The average molecular weight is 304 g/mol. The van der Waals surface area contributed by atoms with Crippen LogP contribution in [0, 0.1) is 17.1 Å². The van der Waals surface area contributed by atoms with Gasteiger partial charge in [0, 0.05) is 5.56 Å². The molecule has 0 saturated heterocycles. The molecule has 0 aliphatic carbocycles. The molecule has 0 atom stereocenters. The largest absolute Gasteiger partial charge is 0.266 e. The Morgan fingerprint density at radius 1 is 1.14 bits per heavy atom. The monoisotopic (exact) mass is 304 g/mol. The lowest BCUT2D eigenvalue weighted by Crippen LogP contribution is -2.29. The maximum Gasteiger partial charge on any atom is 0.232 e. The molecule has 0 fully saturated rings. The number of nitriles is 1. The van der Waals surface area contributed by atoms with Crippen molar-refractivity contribution in [2.45, 2.75) is 6.54 Å². The molecule has 108 valence electrons. The van der Waals surface area contributed by atoms with Gasteiger partial charge in [-0.1, -0.05) is 18.2 Å². The van der Waals surface area contributed by atoms with Crippen molar-refractivity contribution in [1.29, 1.82) is 5.26 Å². The zero-order chi connectivity index (χ0) is 15.5. The van der Waals surface area contributed by atoms with E-state index < -0.39 is 15.8 Å². The molecule has 6 heteroatoms. The maximum atomic E-state index is 13.7. The van der Waals surface area contributed by atoms with Crippen molar-refractivity contribution in [1.82, 2.24) is 0 Å². The molecule has 0 aliphatic heterocycles. The van der Waals surface area contributed by atoms with Crippen molar-refractivity contribution < 1.29 is 12.8 Å². The zero-order valence-corrected chi connectivity index (χ0v) is 12.1. The SMILES string of the molecule is CS(=O)(=O)N(Cc1ccccc1F)c1ccc(C#N)cc1. The van der Waals surface area contributed by atoms with E-state index in [0.29, 0.717) is 11.3 Å². The van der Waals surface area contributed by atoms with Gasteiger partial charge in [-0.25, -0.2) is 12.8 Å². The lowest BCUT2D eigenvalue weighted by Gasteiger charge is -2.22. The van der Waals surface area contributed by atoms with E-state index in [4.69, 9.17) is 5.26 Å². The molecule has 2 rings (SSSR count). The summed E-state index contributed by atoms with van der Waals surface area (Å²) in [6.45, 7) is -0.0998. The quantitative estimate of drug-likeness (QED) is 0.872. The highest BCUT2D eigenvalue weighted by molar-refractivity contribution is 7.92. The molecule has 0 aliphatic rings. The Bertz CT molecular complexity index is 780. The molecule has 0 spiro atoms. The predicted molar refractivity (Wildman–Crippen MR) is 78.6 cm³/mol. The van der Waals surface area contributed by atoms with Gasteiger partial charge in [0.1, 0.15) is 5.82 Å². The third kappa shape index (κ3) is 3.58. The molecule has 2 aromatic carbocycles. The van der Waals surface area contributed by atoms with Crippen LogP contribution in [-0.2, 0) is 16.6 Å². The van der Waals surface area contributed by atoms with Gasteiger partial charge in [-0.2, -0.15) is 5.26 Å². The van der Waals surface area contributed by atoms with E-state index >= 15 is 0 Å². The van der Waals surface area contributed by atoms with Crippen LogP contribution < -0.4 is 4.31 Å². The van der Waals surface area contributed by atoms with Gasteiger partial charge in [-0.3, -0.25) is 4.31 Å². The van der Waals surface area contributed by atoms with E-state index in [1.54, 1.807) is 12.1 Å². The first-order valence-corrected chi connectivity index (χ1v) is 7.98. The Kier molecular flexibility index (Phi) is 4.24. The predicted octanol–water partition coefficient (Wildman–Crippen LogP) is 2.66. The summed E-state index contributed by atoms with van der Waals surface area (Å²) in [5, 5.41) is 8.77. The lowest BCUT2D eigenvalue weighted by atomic mass is 10.2. The fourth-order valence-corrected chi connectivity index (χ4v) is 2.76. The van der Waals surface area contributed by atoms with Gasteiger partial charge >= 0.3 is 0 Å². The molecule has 0 heterocycles. The Labute approximate surface area is 123 Å².